The molecule has 1 aromatic heterocycles. The molecule has 0 spiro atoms. The van der Waals surface area contributed by atoms with Crippen LogP contribution in [0.4, 0.5) is 0 Å². The van der Waals surface area contributed by atoms with Crippen molar-refractivity contribution in [2.45, 2.75) is 51.3 Å². The lowest BCUT2D eigenvalue weighted by Crippen LogP contribution is -2.36. The number of likely N-dealkylation sites (tertiary alicyclic amines) is 1. The van der Waals surface area contributed by atoms with E-state index in [0.717, 1.165) is 43.3 Å². The van der Waals surface area contributed by atoms with E-state index in [0.29, 0.717) is 13.1 Å². The van der Waals surface area contributed by atoms with Crippen LogP contribution in [0.5, 0.6) is 0 Å². The molecule has 2 heterocycles. The first-order valence-electron chi connectivity index (χ1n) is 8.16. The summed E-state index contributed by atoms with van der Waals surface area (Å²) in [6.45, 7) is 6.86. The number of aromatic nitrogens is 1. The standard InChI is InChI=1S/C15H25N3O2S2/c1-3-16-22(19,20)12-6-7-18(9-12)10-15-17-13-5-4-11(2)8-14(13)21-15/h11-12,16H,3-10H2,1-2H3/t11-,12-/m1/s1. The highest BCUT2D eigenvalue weighted by atomic mass is 32.2. The first-order valence-corrected chi connectivity index (χ1v) is 10.5. The molecule has 22 heavy (non-hydrogen) atoms. The van der Waals surface area contributed by atoms with E-state index in [1.54, 1.807) is 0 Å². The molecular formula is C15H25N3O2S2. The molecule has 0 saturated carbocycles. The number of fused-ring (bicyclic) bond motifs is 1. The quantitative estimate of drug-likeness (QED) is 0.885. The lowest BCUT2D eigenvalue weighted by atomic mass is 9.93. The Kier molecular flexibility index (Phi) is 4.87. The number of rotatable bonds is 5. The highest BCUT2D eigenvalue weighted by Gasteiger charge is 2.33. The van der Waals surface area contributed by atoms with Gasteiger partial charge in [0.25, 0.3) is 0 Å². The third kappa shape index (κ3) is 3.53. The van der Waals surface area contributed by atoms with Crippen molar-refractivity contribution >= 4 is 21.4 Å². The molecule has 1 N–H and O–H groups in total. The molecular weight excluding hydrogens is 318 g/mol. The van der Waals surface area contributed by atoms with E-state index in [-0.39, 0.29) is 5.25 Å². The van der Waals surface area contributed by atoms with Gasteiger partial charge in [0.1, 0.15) is 5.01 Å². The lowest BCUT2D eigenvalue weighted by molar-refractivity contribution is 0.330. The summed E-state index contributed by atoms with van der Waals surface area (Å²) in [5.41, 5.74) is 1.29. The Labute approximate surface area is 137 Å². The number of aryl methyl sites for hydroxylation is 1. The topological polar surface area (TPSA) is 62.3 Å². The van der Waals surface area contributed by atoms with E-state index in [1.807, 2.05) is 18.3 Å². The summed E-state index contributed by atoms with van der Waals surface area (Å²) in [5, 5.41) is 0.877. The van der Waals surface area contributed by atoms with Gasteiger partial charge in [0.2, 0.25) is 10.0 Å². The highest BCUT2D eigenvalue weighted by Crippen LogP contribution is 2.31. The molecule has 3 rings (SSSR count). The molecule has 7 heteroatoms. The van der Waals surface area contributed by atoms with Crippen molar-refractivity contribution in [3.63, 3.8) is 0 Å². The maximum atomic E-state index is 12.1. The Morgan fingerprint density at radius 3 is 3.00 bits per heavy atom. The molecule has 5 nitrogen and oxygen atoms in total. The van der Waals surface area contributed by atoms with E-state index < -0.39 is 10.0 Å². The number of nitrogens with one attached hydrogen (secondary N) is 1. The second-order valence-corrected chi connectivity index (χ2v) is 9.73. The summed E-state index contributed by atoms with van der Waals surface area (Å²) in [6, 6.07) is 0. The summed E-state index contributed by atoms with van der Waals surface area (Å²) >= 11 is 1.83. The second kappa shape index (κ2) is 6.55. The largest absolute Gasteiger partial charge is 0.295 e. The summed E-state index contributed by atoms with van der Waals surface area (Å²) in [5.74, 6) is 0.766. The molecule has 1 aliphatic carbocycles. The SMILES string of the molecule is CCNS(=O)(=O)[C@@H]1CCN(Cc2nc3c(s2)C[C@H](C)CC3)C1. The molecule has 0 radical (unpaired) electrons. The second-order valence-electron chi connectivity index (χ2n) is 6.51. The van der Waals surface area contributed by atoms with Crippen LogP contribution in [-0.4, -0.2) is 43.2 Å². The molecule has 1 aliphatic heterocycles. The van der Waals surface area contributed by atoms with Gasteiger partial charge >= 0.3 is 0 Å². The van der Waals surface area contributed by atoms with Crippen LogP contribution in [-0.2, 0) is 29.4 Å². The zero-order valence-electron chi connectivity index (χ0n) is 13.3. The number of sulfonamides is 1. The first-order chi connectivity index (χ1) is 10.5. The molecule has 2 atom stereocenters. The van der Waals surface area contributed by atoms with Crippen LogP contribution >= 0.6 is 11.3 Å². The van der Waals surface area contributed by atoms with Gasteiger partial charge in [-0.05, 0) is 38.1 Å². The van der Waals surface area contributed by atoms with E-state index in [4.69, 9.17) is 4.98 Å². The number of nitrogens with zero attached hydrogens (tertiary/aromatic N) is 2. The molecule has 0 bridgehead atoms. The predicted molar refractivity (Wildman–Crippen MR) is 89.6 cm³/mol. The van der Waals surface area contributed by atoms with Gasteiger partial charge in [-0.2, -0.15) is 0 Å². The van der Waals surface area contributed by atoms with Crippen LogP contribution in [0.1, 0.15) is 42.3 Å². The average molecular weight is 344 g/mol. The van der Waals surface area contributed by atoms with Crippen LogP contribution < -0.4 is 4.72 Å². The number of hydrogen-bond acceptors (Lipinski definition) is 5. The van der Waals surface area contributed by atoms with E-state index in [9.17, 15) is 8.42 Å². The molecule has 0 unspecified atom stereocenters. The van der Waals surface area contributed by atoms with Crippen LogP contribution in [0, 0.1) is 5.92 Å². The fourth-order valence-electron chi connectivity index (χ4n) is 3.37. The normalized spacial score (nSPS) is 26.3. The van der Waals surface area contributed by atoms with Gasteiger partial charge in [0.05, 0.1) is 17.5 Å². The average Bonchev–Trinajstić information content (AvgIpc) is 3.05. The van der Waals surface area contributed by atoms with Crippen molar-refractivity contribution in [2.75, 3.05) is 19.6 Å². The van der Waals surface area contributed by atoms with Gasteiger partial charge < -0.3 is 0 Å². The zero-order chi connectivity index (χ0) is 15.7. The summed E-state index contributed by atoms with van der Waals surface area (Å²) in [4.78, 5) is 8.46. The third-order valence-electron chi connectivity index (χ3n) is 4.60. The van der Waals surface area contributed by atoms with Crippen LogP contribution in [0.25, 0.3) is 0 Å². The smallest absolute Gasteiger partial charge is 0.215 e. The Morgan fingerprint density at radius 2 is 2.23 bits per heavy atom. The van der Waals surface area contributed by atoms with Gasteiger partial charge in [-0.3, -0.25) is 4.90 Å². The Balaban J connectivity index is 1.61. The maximum absolute atomic E-state index is 12.1. The van der Waals surface area contributed by atoms with Gasteiger partial charge in [-0.1, -0.05) is 13.8 Å². The van der Waals surface area contributed by atoms with Crippen molar-refractivity contribution < 1.29 is 8.42 Å². The summed E-state index contributed by atoms with van der Waals surface area (Å²) in [7, 11) is -3.15. The minimum atomic E-state index is -3.15. The Hall–Kier alpha value is -0.500. The van der Waals surface area contributed by atoms with Crippen molar-refractivity contribution in [1.82, 2.24) is 14.6 Å². The molecule has 0 amide bonds. The van der Waals surface area contributed by atoms with Crippen LogP contribution in [0.2, 0.25) is 0 Å². The summed E-state index contributed by atoms with van der Waals surface area (Å²) in [6.07, 6.45) is 4.22. The van der Waals surface area contributed by atoms with E-state index in [1.165, 1.54) is 17.0 Å². The molecule has 124 valence electrons. The molecule has 1 fully saturated rings. The number of hydrogen-bond donors (Lipinski definition) is 1. The summed E-state index contributed by atoms with van der Waals surface area (Å²) < 4.78 is 26.8. The monoisotopic (exact) mass is 343 g/mol. The minimum absolute atomic E-state index is 0.276. The highest BCUT2D eigenvalue weighted by molar-refractivity contribution is 7.90. The molecule has 1 saturated heterocycles. The van der Waals surface area contributed by atoms with E-state index in [2.05, 4.69) is 16.5 Å². The Morgan fingerprint density at radius 1 is 1.41 bits per heavy atom. The molecule has 2 aliphatic rings. The molecule has 0 aromatic carbocycles. The third-order valence-corrected chi connectivity index (χ3v) is 7.66. The van der Waals surface area contributed by atoms with Gasteiger partial charge in [0.15, 0.2) is 0 Å². The fraction of sp³-hybridized carbons (Fsp3) is 0.800. The van der Waals surface area contributed by atoms with Crippen molar-refractivity contribution in [2.24, 2.45) is 5.92 Å². The lowest BCUT2D eigenvalue weighted by Gasteiger charge is -2.15. The first kappa shape index (κ1) is 16.4. The maximum Gasteiger partial charge on any atom is 0.215 e. The zero-order valence-corrected chi connectivity index (χ0v) is 15.0. The Bertz CT molecular complexity index is 627. The van der Waals surface area contributed by atoms with Crippen LogP contribution in [0.3, 0.4) is 0 Å². The van der Waals surface area contributed by atoms with E-state index >= 15 is 0 Å². The van der Waals surface area contributed by atoms with Crippen LogP contribution in [0.15, 0.2) is 0 Å². The molecule has 1 aromatic rings. The number of thiazole rings is 1. The van der Waals surface area contributed by atoms with Crippen molar-refractivity contribution in [3.8, 4) is 0 Å². The predicted octanol–water partition coefficient (Wildman–Crippen LogP) is 1.78. The van der Waals surface area contributed by atoms with Crippen molar-refractivity contribution in [1.29, 1.82) is 0 Å². The van der Waals surface area contributed by atoms with Gasteiger partial charge in [-0.15, -0.1) is 11.3 Å². The fourth-order valence-corrected chi connectivity index (χ4v) is 6.15. The minimum Gasteiger partial charge on any atom is -0.295 e. The van der Waals surface area contributed by atoms with Crippen molar-refractivity contribution in [3.05, 3.63) is 15.6 Å². The van der Waals surface area contributed by atoms with Gasteiger partial charge in [0, 0.05) is 18.0 Å². The van der Waals surface area contributed by atoms with Gasteiger partial charge in [-0.25, -0.2) is 18.1 Å².